The Labute approximate surface area is 106 Å². The van der Waals surface area contributed by atoms with E-state index in [2.05, 4.69) is 11.8 Å². The molecule has 0 N–H and O–H groups in total. The van der Waals surface area contributed by atoms with Crippen molar-refractivity contribution < 1.29 is 4.21 Å². The number of piperidine rings is 1. The van der Waals surface area contributed by atoms with Crippen molar-refractivity contribution in [2.75, 3.05) is 25.4 Å². The van der Waals surface area contributed by atoms with Gasteiger partial charge in [-0.1, -0.05) is 25.1 Å². The summed E-state index contributed by atoms with van der Waals surface area (Å²) in [5.74, 6) is 1.56. The fraction of sp³-hybridized carbons (Fsp3) is 0.571. The molecular formula is C14H21NOS. The molecule has 0 bridgehead atoms. The second-order valence-electron chi connectivity index (χ2n) is 4.91. The molecule has 1 aliphatic heterocycles. The van der Waals surface area contributed by atoms with Crippen LogP contribution in [0.5, 0.6) is 0 Å². The van der Waals surface area contributed by atoms with Gasteiger partial charge in [-0.05, 0) is 37.4 Å². The van der Waals surface area contributed by atoms with Gasteiger partial charge in [-0.2, -0.15) is 0 Å². The lowest BCUT2D eigenvalue weighted by atomic mass is 10.0. The first kappa shape index (κ1) is 12.8. The second-order valence-corrected chi connectivity index (χ2v) is 6.48. The van der Waals surface area contributed by atoms with Crippen molar-refractivity contribution in [3.05, 3.63) is 30.3 Å². The van der Waals surface area contributed by atoms with E-state index >= 15 is 0 Å². The van der Waals surface area contributed by atoms with Crippen molar-refractivity contribution in [1.82, 2.24) is 4.90 Å². The molecular weight excluding hydrogens is 230 g/mol. The molecule has 0 spiro atoms. The summed E-state index contributed by atoms with van der Waals surface area (Å²) in [5.41, 5.74) is 0. The average molecular weight is 251 g/mol. The van der Waals surface area contributed by atoms with E-state index in [1.165, 1.54) is 25.9 Å². The molecule has 0 aliphatic carbocycles. The van der Waals surface area contributed by atoms with Crippen molar-refractivity contribution in [3.63, 3.8) is 0 Å². The first-order valence-corrected chi connectivity index (χ1v) is 7.73. The van der Waals surface area contributed by atoms with E-state index in [-0.39, 0.29) is 0 Å². The normalized spacial score (nSPS) is 23.5. The maximum absolute atomic E-state index is 12.1. The zero-order valence-corrected chi connectivity index (χ0v) is 11.3. The van der Waals surface area contributed by atoms with Crippen LogP contribution in [0.3, 0.4) is 0 Å². The zero-order valence-electron chi connectivity index (χ0n) is 10.5. The maximum atomic E-state index is 12.1. The van der Waals surface area contributed by atoms with Crippen molar-refractivity contribution in [2.45, 2.75) is 24.7 Å². The third-order valence-electron chi connectivity index (χ3n) is 3.34. The van der Waals surface area contributed by atoms with E-state index in [4.69, 9.17) is 0 Å². The van der Waals surface area contributed by atoms with Gasteiger partial charge < -0.3 is 4.90 Å². The first-order chi connectivity index (χ1) is 8.25. The van der Waals surface area contributed by atoms with Gasteiger partial charge in [0.15, 0.2) is 0 Å². The molecule has 17 heavy (non-hydrogen) atoms. The third kappa shape index (κ3) is 3.93. The van der Waals surface area contributed by atoms with E-state index in [0.717, 1.165) is 23.1 Å². The Morgan fingerprint density at radius 3 is 2.82 bits per heavy atom. The van der Waals surface area contributed by atoms with Gasteiger partial charge in [-0.3, -0.25) is 4.21 Å². The summed E-state index contributed by atoms with van der Waals surface area (Å²) >= 11 is 0. The number of likely N-dealkylation sites (tertiary alicyclic amines) is 1. The highest BCUT2D eigenvalue weighted by Crippen LogP contribution is 2.15. The summed E-state index contributed by atoms with van der Waals surface area (Å²) in [6.45, 7) is 5.62. The molecule has 0 amide bonds. The molecule has 2 atom stereocenters. The monoisotopic (exact) mass is 251 g/mol. The molecule has 94 valence electrons. The highest BCUT2D eigenvalue weighted by Gasteiger charge is 2.16. The quantitative estimate of drug-likeness (QED) is 0.819. The van der Waals surface area contributed by atoms with Crippen LogP contribution in [0, 0.1) is 5.92 Å². The average Bonchev–Trinajstić information content (AvgIpc) is 2.37. The SMILES string of the molecule is C[C@H]1CCCN(CC[S@@](=O)c2ccccc2)C1. The minimum Gasteiger partial charge on any atom is -0.302 e. The van der Waals surface area contributed by atoms with Crippen molar-refractivity contribution in [2.24, 2.45) is 5.92 Å². The van der Waals surface area contributed by atoms with Crippen LogP contribution in [0.1, 0.15) is 19.8 Å². The Morgan fingerprint density at radius 2 is 2.12 bits per heavy atom. The molecule has 1 aromatic rings. The van der Waals surface area contributed by atoms with E-state index in [1.54, 1.807) is 0 Å². The molecule has 0 radical (unpaired) electrons. The highest BCUT2D eigenvalue weighted by molar-refractivity contribution is 7.85. The Morgan fingerprint density at radius 1 is 1.35 bits per heavy atom. The molecule has 3 heteroatoms. The van der Waals surface area contributed by atoms with Gasteiger partial charge >= 0.3 is 0 Å². The molecule has 0 saturated carbocycles. The van der Waals surface area contributed by atoms with E-state index in [9.17, 15) is 4.21 Å². The van der Waals surface area contributed by atoms with Crippen LogP contribution >= 0.6 is 0 Å². The lowest BCUT2D eigenvalue weighted by molar-refractivity contribution is 0.194. The summed E-state index contributed by atoms with van der Waals surface area (Å²) in [6, 6.07) is 9.78. The van der Waals surface area contributed by atoms with Crippen molar-refractivity contribution in [1.29, 1.82) is 0 Å². The predicted molar refractivity (Wildman–Crippen MR) is 72.6 cm³/mol. The van der Waals surface area contributed by atoms with E-state index in [1.807, 2.05) is 30.3 Å². The minimum absolute atomic E-state index is 0.761. The topological polar surface area (TPSA) is 20.3 Å². The van der Waals surface area contributed by atoms with Crippen molar-refractivity contribution in [3.8, 4) is 0 Å². The van der Waals surface area contributed by atoms with Gasteiger partial charge in [-0.15, -0.1) is 0 Å². The highest BCUT2D eigenvalue weighted by atomic mass is 32.2. The van der Waals surface area contributed by atoms with E-state index in [0.29, 0.717) is 0 Å². The van der Waals surface area contributed by atoms with Crippen molar-refractivity contribution >= 4 is 10.8 Å². The predicted octanol–water partition coefficient (Wildman–Crippen LogP) is 2.53. The lowest BCUT2D eigenvalue weighted by Gasteiger charge is -2.30. The van der Waals surface area contributed by atoms with Crippen LogP contribution in [-0.4, -0.2) is 34.5 Å². The number of nitrogens with zero attached hydrogens (tertiary/aromatic N) is 1. The first-order valence-electron chi connectivity index (χ1n) is 6.41. The molecule has 1 fully saturated rings. The van der Waals surface area contributed by atoms with E-state index < -0.39 is 10.8 Å². The summed E-state index contributed by atoms with van der Waals surface area (Å²) in [5, 5.41) is 0. The standard InChI is InChI=1S/C14H21NOS/c1-13-6-5-9-15(12-13)10-11-17(16)14-7-3-2-4-8-14/h2-4,7-8,13H,5-6,9-12H2,1H3/t13-,17+/m0/s1. The fourth-order valence-corrected chi connectivity index (χ4v) is 3.51. The van der Waals surface area contributed by atoms with Gasteiger partial charge in [0.2, 0.25) is 0 Å². The third-order valence-corrected chi connectivity index (χ3v) is 4.69. The van der Waals surface area contributed by atoms with Crippen LogP contribution in [0.15, 0.2) is 35.2 Å². The largest absolute Gasteiger partial charge is 0.302 e. The fourth-order valence-electron chi connectivity index (χ4n) is 2.39. The molecule has 1 aromatic carbocycles. The summed E-state index contributed by atoms with van der Waals surface area (Å²) in [4.78, 5) is 3.41. The van der Waals surface area contributed by atoms with Gasteiger partial charge in [0.1, 0.15) is 0 Å². The lowest BCUT2D eigenvalue weighted by Crippen LogP contribution is -2.36. The summed E-state index contributed by atoms with van der Waals surface area (Å²) in [6.07, 6.45) is 2.64. The number of benzene rings is 1. The molecule has 1 aliphatic rings. The Bertz CT molecular complexity index is 366. The van der Waals surface area contributed by atoms with Crippen LogP contribution < -0.4 is 0 Å². The van der Waals surface area contributed by atoms with Gasteiger partial charge in [0.05, 0.1) is 10.8 Å². The smallest absolute Gasteiger partial charge is 0.0542 e. The van der Waals surface area contributed by atoms with Gasteiger partial charge in [0.25, 0.3) is 0 Å². The molecule has 2 rings (SSSR count). The zero-order chi connectivity index (χ0) is 12.1. The van der Waals surface area contributed by atoms with Crippen LogP contribution in [-0.2, 0) is 10.8 Å². The summed E-state index contributed by atoms with van der Waals surface area (Å²) in [7, 11) is -0.838. The van der Waals surface area contributed by atoms with Crippen LogP contribution in [0.25, 0.3) is 0 Å². The number of rotatable bonds is 4. The molecule has 0 unspecified atom stereocenters. The second kappa shape index (κ2) is 6.31. The maximum Gasteiger partial charge on any atom is 0.0542 e. The summed E-state index contributed by atoms with van der Waals surface area (Å²) < 4.78 is 12.1. The molecule has 2 nitrogen and oxygen atoms in total. The Balaban J connectivity index is 1.80. The van der Waals surface area contributed by atoms with Crippen LogP contribution in [0.2, 0.25) is 0 Å². The Hall–Kier alpha value is -0.670. The number of hydrogen-bond donors (Lipinski definition) is 0. The molecule has 1 saturated heterocycles. The van der Waals surface area contributed by atoms with Gasteiger partial charge in [-0.25, -0.2) is 0 Å². The number of hydrogen-bond acceptors (Lipinski definition) is 2. The molecule has 0 aromatic heterocycles. The minimum atomic E-state index is -0.838. The van der Waals surface area contributed by atoms with Gasteiger partial charge in [0, 0.05) is 23.7 Å². The Kier molecular flexibility index (Phi) is 4.75. The molecule has 1 heterocycles. The van der Waals surface area contributed by atoms with Crippen LogP contribution in [0.4, 0.5) is 0 Å².